The Morgan fingerprint density at radius 3 is 3.12 bits per heavy atom. The maximum atomic E-state index is 6.16. The van der Waals surface area contributed by atoms with Crippen molar-refractivity contribution in [1.82, 2.24) is 5.32 Å². The lowest BCUT2D eigenvalue weighted by molar-refractivity contribution is 0.262. The van der Waals surface area contributed by atoms with Crippen molar-refractivity contribution in [1.29, 1.82) is 0 Å². The number of benzene rings is 2. The highest BCUT2D eigenvalue weighted by atomic mass is 16.5. The summed E-state index contributed by atoms with van der Waals surface area (Å²) >= 11 is 0. The zero-order chi connectivity index (χ0) is 17.9. The largest absolute Gasteiger partial charge is 0.493 e. The zero-order valence-corrected chi connectivity index (χ0v) is 15.2. The predicted molar refractivity (Wildman–Crippen MR) is 106 cm³/mol. The highest BCUT2D eigenvalue weighted by Gasteiger charge is 2.21. The van der Waals surface area contributed by atoms with E-state index in [0.29, 0.717) is 19.1 Å². The first-order valence-electron chi connectivity index (χ1n) is 9.32. The third kappa shape index (κ3) is 3.47. The van der Waals surface area contributed by atoms with Crippen molar-refractivity contribution in [3.8, 4) is 5.75 Å². The summed E-state index contributed by atoms with van der Waals surface area (Å²) in [5.41, 5.74) is 11.3. The molecule has 0 saturated heterocycles. The Morgan fingerprint density at radius 2 is 2.19 bits per heavy atom. The van der Waals surface area contributed by atoms with Gasteiger partial charge in [0.2, 0.25) is 0 Å². The van der Waals surface area contributed by atoms with Crippen molar-refractivity contribution >= 4 is 11.6 Å². The van der Waals surface area contributed by atoms with Crippen molar-refractivity contribution in [3.05, 3.63) is 59.2 Å². The normalized spacial score (nSPS) is 19.3. The van der Waals surface area contributed by atoms with Gasteiger partial charge in [-0.15, -0.1) is 0 Å². The van der Waals surface area contributed by atoms with Crippen molar-refractivity contribution in [2.75, 3.05) is 25.1 Å². The topological polar surface area (TPSA) is 62.9 Å². The van der Waals surface area contributed by atoms with Gasteiger partial charge in [0.1, 0.15) is 5.75 Å². The molecule has 0 bridgehead atoms. The number of rotatable bonds is 3. The summed E-state index contributed by atoms with van der Waals surface area (Å²) in [4.78, 5) is 6.88. The SMILES string of the molecule is CN1CCCc2cc(CN=C(N)NC3CCOc4ccccc43)ccc21. The lowest BCUT2D eigenvalue weighted by atomic mass is 10.00. The molecule has 0 spiro atoms. The van der Waals surface area contributed by atoms with E-state index in [-0.39, 0.29) is 6.04 Å². The van der Waals surface area contributed by atoms with E-state index in [9.17, 15) is 0 Å². The van der Waals surface area contributed by atoms with E-state index in [0.717, 1.165) is 30.7 Å². The first-order chi connectivity index (χ1) is 12.7. The molecule has 0 radical (unpaired) electrons. The lowest BCUT2D eigenvalue weighted by Crippen LogP contribution is -2.37. The highest BCUT2D eigenvalue weighted by molar-refractivity contribution is 5.78. The number of aryl methyl sites for hydroxylation is 1. The molecule has 26 heavy (non-hydrogen) atoms. The fourth-order valence-electron chi connectivity index (χ4n) is 3.83. The van der Waals surface area contributed by atoms with Gasteiger partial charge in [-0.25, -0.2) is 4.99 Å². The number of nitrogens with two attached hydrogens (primary N) is 1. The standard InChI is InChI=1S/C21H26N4O/c1-25-11-4-5-16-13-15(8-9-19(16)25)14-23-21(22)24-18-10-12-26-20-7-3-2-6-17(18)20/h2-3,6-9,13,18H,4-5,10-12,14H2,1H3,(H3,22,23,24). The molecule has 1 atom stereocenters. The summed E-state index contributed by atoms with van der Waals surface area (Å²) in [5, 5.41) is 3.35. The van der Waals surface area contributed by atoms with Crippen LogP contribution in [0.25, 0.3) is 0 Å². The van der Waals surface area contributed by atoms with Crippen LogP contribution in [0.15, 0.2) is 47.5 Å². The van der Waals surface area contributed by atoms with Gasteiger partial charge in [-0.3, -0.25) is 0 Å². The Morgan fingerprint density at radius 1 is 1.31 bits per heavy atom. The number of hydrogen-bond donors (Lipinski definition) is 2. The molecule has 1 unspecified atom stereocenters. The molecule has 5 nitrogen and oxygen atoms in total. The molecule has 0 aliphatic carbocycles. The van der Waals surface area contributed by atoms with Gasteiger partial charge in [0.05, 0.1) is 19.2 Å². The fourth-order valence-corrected chi connectivity index (χ4v) is 3.83. The second-order valence-electron chi connectivity index (χ2n) is 7.06. The molecule has 2 aromatic carbocycles. The highest BCUT2D eigenvalue weighted by Crippen LogP contribution is 2.31. The van der Waals surface area contributed by atoms with Crippen molar-refractivity contribution in [2.24, 2.45) is 10.7 Å². The Hall–Kier alpha value is -2.69. The van der Waals surface area contributed by atoms with E-state index in [1.54, 1.807) is 0 Å². The van der Waals surface area contributed by atoms with Gasteiger partial charge in [0.15, 0.2) is 5.96 Å². The fraction of sp³-hybridized carbons (Fsp3) is 0.381. The molecule has 0 fully saturated rings. The number of nitrogens with one attached hydrogen (secondary N) is 1. The number of nitrogens with zero attached hydrogens (tertiary/aromatic N) is 2. The molecule has 5 heteroatoms. The smallest absolute Gasteiger partial charge is 0.189 e. The number of para-hydroxylation sites is 1. The van der Waals surface area contributed by atoms with Crippen LogP contribution in [0.1, 0.15) is 35.6 Å². The summed E-state index contributed by atoms with van der Waals surface area (Å²) in [6, 6.07) is 14.9. The van der Waals surface area contributed by atoms with Gasteiger partial charge in [-0.1, -0.05) is 30.3 Å². The van der Waals surface area contributed by atoms with E-state index >= 15 is 0 Å². The van der Waals surface area contributed by atoms with Crippen molar-refractivity contribution in [3.63, 3.8) is 0 Å². The van der Waals surface area contributed by atoms with Crippen LogP contribution in [0.5, 0.6) is 5.75 Å². The second kappa shape index (κ2) is 7.28. The summed E-state index contributed by atoms with van der Waals surface area (Å²) in [6.45, 7) is 2.43. The van der Waals surface area contributed by atoms with Crippen molar-refractivity contribution < 1.29 is 4.74 Å². The summed E-state index contributed by atoms with van der Waals surface area (Å²) in [7, 11) is 2.16. The maximum Gasteiger partial charge on any atom is 0.189 e. The van der Waals surface area contributed by atoms with E-state index < -0.39 is 0 Å². The molecule has 2 aliphatic rings. The number of anilines is 1. The molecule has 4 rings (SSSR count). The third-order valence-electron chi connectivity index (χ3n) is 5.21. The summed E-state index contributed by atoms with van der Waals surface area (Å²) in [5.74, 6) is 1.42. The number of guanidine groups is 1. The summed E-state index contributed by atoms with van der Waals surface area (Å²) < 4.78 is 5.70. The van der Waals surface area contributed by atoms with E-state index in [4.69, 9.17) is 10.5 Å². The van der Waals surface area contributed by atoms with Gasteiger partial charge < -0.3 is 20.7 Å². The van der Waals surface area contributed by atoms with Crippen LogP contribution in [0.2, 0.25) is 0 Å². The molecule has 0 aromatic heterocycles. The quantitative estimate of drug-likeness (QED) is 0.660. The third-order valence-corrected chi connectivity index (χ3v) is 5.21. The van der Waals surface area contributed by atoms with Crippen LogP contribution in [0.4, 0.5) is 5.69 Å². The Bertz CT molecular complexity index is 817. The molecule has 2 aliphatic heterocycles. The molecule has 136 valence electrons. The Labute approximate surface area is 154 Å². The first kappa shape index (κ1) is 16.8. The average Bonchev–Trinajstić information content (AvgIpc) is 2.67. The van der Waals surface area contributed by atoms with Gasteiger partial charge in [0.25, 0.3) is 0 Å². The molecule has 2 heterocycles. The number of aliphatic imine (C=N–C) groups is 1. The molecule has 0 amide bonds. The molecular weight excluding hydrogens is 324 g/mol. The number of fused-ring (bicyclic) bond motifs is 2. The van der Waals surface area contributed by atoms with Gasteiger partial charge in [0, 0.05) is 31.3 Å². The Balaban J connectivity index is 1.43. The summed E-state index contributed by atoms with van der Waals surface area (Å²) in [6.07, 6.45) is 3.24. The van der Waals surface area contributed by atoms with E-state index in [1.165, 1.54) is 23.2 Å². The van der Waals surface area contributed by atoms with Crippen molar-refractivity contribution in [2.45, 2.75) is 31.8 Å². The second-order valence-corrected chi connectivity index (χ2v) is 7.06. The monoisotopic (exact) mass is 350 g/mol. The Kier molecular flexibility index (Phi) is 4.69. The van der Waals surface area contributed by atoms with Crippen LogP contribution >= 0.6 is 0 Å². The minimum Gasteiger partial charge on any atom is -0.493 e. The van der Waals surface area contributed by atoms with Gasteiger partial charge >= 0.3 is 0 Å². The minimum absolute atomic E-state index is 0.154. The average molecular weight is 350 g/mol. The zero-order valence-electron chi connectivity index (χ0n) is 15.2. The maximum absolute atomic E-state index is 6.16. The van der Waals surface area contributed by atoms with E-state index in [2.05, 4.69) is 46.5 Å². The van der Waals surface area contributed by atoms with Crippen LogP contribution in [-0.2, 0) is 13.0 Å². The predicted octanol–water partition coefficient (Wildman–Crippen LogP) is 3.00. The first-order valence-corrected chi connectivity index (χ1v) is 9.32. The molecule has 3 N–H and O–H groups in total. The van der Waals surface area contributed by atoms with Crippen LogP contribution < -0.4 is 20.7 Å². The molecular formula is C21H26N4O. The van der Waals surface area contributed by atoms with Crippen LogP contribution in [0, 0.1) is 0 Å². The molecule has 0 saturated carbocycles. The van der Waals surface area contributed by atoms with Gasteiger partial charge in [-0.2, -0.15) is 0 Å². The molecule has 2 aromatic rings. The van der Waals surface area contributed by atoms with E-state index in [1.807, 2.05) is 18.2 Å². The number of ether oxygens (including phenoxy) is 1. The number of hydrogen-bond acceptors (Lipinski definition) is 3. The van der Waals surface area contributed by atoms with Crippen LogP contribution in [0.3, 0.4) is 0 Å². The van der Waals surface area contributed by atoms with Crippen LogP contribution in [-0.4, -0.2) is 26.2 Å². The van der Waals surface area contributed by atoms with Gasteiger partial charge in [-0.05, 0) is 36.1 Å². The lowest BCUT2D eigenvalue weighted by Gasteiger charge is -2.28. The minimum atomic E-state index is 0.154.